The molecule has 1 N–H and O–H groups in total. The molecule has 84 valence electrons. The van der Waals surface area contributed by atoms with Crippen LogP contribution >= 0.6 is 11.8 Å². The highest BCUT2D eigenvalue weighted by Crippen LogP contribution is 2.16. The fourth-order valence-corrected chi connectivity index (χ4v) is 3.50. The van der Waals surface area contributed by atoms with E-state index in [2.05, 4.69) is 5.32 Å². The first-order valence-electron chi connectivity index (χ1n) is 5.15. The van der Waals surface area contributed by atoms with Crippen LogP contribution in [0.4, 0.5) is 0 Å². The van der Waals surface area contributed by atoms with Gasteiger partial charge in [0.1, 0.15) is 9.84 Å². The molecule has 1 aliphatic rings. The molecule has 1 heterocycles. The monoisotopic (exact) mass is 237 g/mol. The van der Waals surface area contributed by atoms with E-state index in [9.17, 15) is 8.42 Å². The molecule has 0 aromatic heterocycles. The molecule has 1 aliphatic heterocycles. The summed E-state index contributed by atoms with van der Waals surface area (Å²) >= 11 is 1.97. The van der Waals surface area contributed by atoms with Gasteiger partial charge in [0.05, 0.1) is 5.75 Å². The summed E-state index contributed by atoms with van der Waals surface area (Å²) in [5.41, 5.74) is 0. The Morgan fingerprint density at radius 2 is 2.29 bits per heavy atom. The minimum Gasteiger partial charge on any atom is -0.313 e. The highest BCUT2D eigenvalue weighted by atomic mass is 32.2. The van der Waals surface area contributed by atoms with Crippen molar-refractivity contribution in [2.45, 2.75) is 25.8 Å². The zero-order chi connectivity index (χ0) is 10.4. The quantitative estimate of drug-likeness (QED) is 0.697. The van der Waals surface area contributed by atoms with Gasteiger partial charge >= 0.3 is 0 Å². The van der Waals surface area contributed by atoms with Crippen LogP contribution in [0.2, 0.25) is 0 Å². The molecule has 0 bridgehead atoms. The Labute approximate surface area is 91.0 Å². The first kappa shape index (κ1) is 12.3. The van der Waals surface area contributed by atoms with Crippen LogP contribution in [0.25, 0.3) is 0 Å². The number of nitrogens with one attached hydrogen (secondary N) is 1. The number of hydrogen-bond donors (Lipinski definition) is 1. The van der Waals surface area contributed by atoms with Crippen LogP contribution < -0.4 is 5.32 Å². The third-order valence-electron chi connectivity index (χ3n) is 2.43. The van der Waals surface area contributed by atoms with Crippen LogP contribution in [-0.4, -0.2) is 44.0 Å². The minimum absolute atomic E-state index is 0.270. The molecule has 0 radical (unpaired) electrons. The average Bonchev–Trinajstić information content (AvgIpc) is 2.65. The number of rotatable bonds is 6. The molecule has 0 aromatic rings. The van der Waals surface area contributed by atoms with Crippen LogP contribution in [0, 0.1) is 0 Å². The van der Waals surface area contributed by atoms with Gasteiger partial charge in [-0.05, 0) is 25.1 Å². The van der Waals surface area contributed by atoms with Gasteiger partial charge in [0.25, 0.3) is 0 Å². The number of thioether (sulfide) groups is 1. The van der Waals surface area contributed by atoms with Crippen molar-refractivity contribution >= 4 is 21.6 Å². The van der Waals surface area contributed by atoms with Gasteiger partial charge in [-0.1, -0.05) is 6.92 Å². The lowest BCUT2D eigenvalue weighted by atomic mass is 10.2. The Morgan fingerprint density at radius 3 is 2.86 bits per heavy atom. The van der Waals surface area contributed by atoms with E-state index in [1.165, 1.54) is 17.9 Å². The summed E-state index contributed by atoms with van der Waals surface area (Å²) in [6.45, 7) is 2.54. The molecule has 1 saturated heterocycles. The number of sulfone groups is 1. The molecule has 0 aromatic carbocycles. The molecule has 0 saturated carbocycles. The van der Waals surface area contributed by atoms with E-state index < -0.39 is 9.84 Å². The Kier molecular flexibility index (Phi) is 5.26. The third-order valence-corrected chi connectivity index (χ3v) is 5.39. The summed E-state index contributed by atoms with van der Waals surface area (Å²) in [7, 11) is -2.76. The van der Waals surface area contributed by atoms with Crippen LogP contribution in [0.15, 0.2) is 0 Å². The molecule has 5 heteroatoms. The van der Waals surface area contributed by atoms with Crippen LogP contribution in [0.5, 0.6) is 0 Å². The highest BCUT2D eigenvalue weighted by Gasteiger charge is 2.14. The van der Waals surface area contributed by atoms with Crippen molar-refractivity contribution in [2.24, 2.45) is 0 Å². The van der Waals surface area contributed by atoms with E-state index in [1.807, 2.05) is 11.8 Å². The normalized spacial score (nSPS) is 22.8. The second-order valence-electron chi connectivity index (χ2n) is 3.60. The largest absolute Gasteiger partial charge is 0.313 e. The third kappa shape index (κ3) is 4.66. The van der Waals surface area contributed by atoms with E-state index in [1.54, 1.807) is 6.92 Å². The van der Waals surface area contributed by atoms with Gasteiger partial charge in [0.2, 0.25) is 0 Å². The van der Waals surface area contributed by atoms with Crippen molar-refractivity contribution < 1.29 is 8.42 Å². The topological polar surface area (TPSA) is 46.2 Å². The van der Waals surface area contributed by atoms with Gasteiger partial charge < -0.3 is 5.32 Å². The lowest BCUT2D eigenvalue weighted by molar-refractivity contribution is 0.549. The standard InChI is InChI=1S/C9H19NO2S2/c1-2-14(11,12)7-3-5-10-9-4-6-13-8-9/h9-10H,2-8H2,1H3. The zero-order valence-electron chi connectivity index (χ0n) is 8.66. The van der Waals surface area contributed by atoms with Gasteiger partial charge in [0.15, 0.2) is 0 Å². The molecule has 1 atom stereocenters. The molecule has 0 amide bonds. The van der Waals surface area contributed by atoms with Gasteiger partial charge in [-0.2, -0.15) is 11.8 Å². The van der Waals surface area contributed by atoms with Crippen molar-refractivity contribution in [3.05, 3.63) is 0 Å². The van der Waals surface area contributed by atoms with Crippen molar-refractivity contribution in [1.29, 1.82) is 0 Å². The predicted octanol–water partition coefficient (Wildman–Crippen LogP) is 0.906. The van der Waals surface area contributed by atoms with E-state index in [-0.39, 0.29) is 5.75 Å². The maximum absolute atomic E-state index is 11.2. The Bertz CT molecular complexity index is 246. The van der Waals surface area contributed by atoms with Crippen molar-refractivity contribution in [3.63, 3.8) is 0 Å². The molecular weight excluding hydrogens is 218 g/mol. The molecule has 1 rings (SSSR count). The van der Waals surface area contributed by atoms with Gasteiger partial charge in [-0.3, -0.25) is 0 Å². The maximum Gasteiger partial charge on any atom is 0.150 e. The fraction of sp³-hybridized carbons (Fsp3) is 1.00. The van der Waals surface area contributed by atoms with Crippen LogP contribution in [0.3, 0.4) is 0 Å². The maximum atomic E-state index is 11.2. The van der Waals surface area contributed by atoms with E-state index >= 15 is 0 Å². The Balaban J connectivity index is 2.04. The Hall–Kier alpha value is 0.260. The minimum atomic E-state index is -2.76. The summed E-state index contributed by atoms with van der Waals surface area (Å²) in [6.07, 6.45) is 1.97. The molecule has 1 fully saturated rings. The molecule has 3 nitrogen and oxygen atoms in total. The lowest BCUT2D eigenvalue weighted by Crippen LogP contribution is -2.30. The van der Waals surface area contributed by atoms with Crippen LogP contribution in [-0.2, 0) is 9.84 Å². The highest BCUT2D eigenvalue weighted by molar-refractivity contribution is 7.99. The summed E-state index contributed by atoms with van der Waals surface area (Å²) in [5, 5.41) is 3.39. The first-order valence-corrected chi connectivity index (χ1v) is 8.13. The van der Waals surface area contributed by atoms with Gasteiger partial charge in [-0.15, -0.1) is 0 Å². The van der Waals surface area contributed by atoms with Crippen molar-refractivity contribution in [1.82, 2.24) is 5.32 Å². The van der Waals surface area contributed by atoms with Gasteiger partial charge in [0, 0.05) is 17.5 Å². The molecule has 0 spiro atoms. The summed E-state index contributed by atoms with van der Waals surface area (Å²) in [4.78, 5) is 0. The second kappa shape index (κ2) is 5.98. The predicted molar refractivity (Wildman–Crippen MR) is 62.7 cm³/mol. The average molecular weight is 237 g/mol. The Morgan fingerprint density at radius 1 is 1.50 bits per heavy atom. The van der Waals surface area contributed by atoms with Crippen molar-refractivity contribution in [3.8, 4) is 0 Å². The lowest BCUT2D eigenvalue weighted by Gasteiger charge is -2.10. The van der Waals surface area contributed by atoms with E-state index in [4.69, 9.17) is 0 Å². The smallest absolute Gasteiger partial charge is 0.150 e. The summed E-state index contributed by atoms with van der Waals surface area (Å²) < 4.78 is 22.3. The first-order chi connectivity index (χ1) is 6.64. The molecule has 1 unspecified atom stereocenters. The zero-order valence-corrected chi connectivity index (χ0v) is 10.3. The van der Waals surface area contributed by atoms with Crippen LogP contribution in [0.1, 0.15) is 19.8 Å². The number of hydrogen-bond acceptors (Lipinski definition) is 4. The fourth-order valence-electron chi connectivity index (χ4n) is 1.44. The molecule has 14 heavy (non-hydrogen) atoms. The molecular formula is C9H19NO2S2. The van der Waals surface area contributed by atoms with Gasteiger partial charge in [-0.25, -0.2) is 8.42 Å². The van der Waals surface area contributed by atoms with Crippen molar-refractivity contribution in [2.75, 3.05) is 29.6 Å². The second-order valence-corrected chi connectivity index (χ2v) is 7.23. The summed E-state index contributed by atoms with van der Waals surface area (Å²) in [5.74, 6) is 3.02. The molecule has 0 aliphatic carbocycles. The summed E-state index contributed by atoms with van der Waals surface area (Å²) in [6, 6.07) is 0.615. The van der Waals surface area contributed by atoms with E-state index in [0.29, 0.717) is 11.8 Å². The SMILES string of the molecule is CCS(=O)(=O)CCCNC1CCSC1. The van der Waals surface area contributed by atoms with E-state index in [0.717, 1.165) is 13.0 Å².